The minimum atomic E-state index is -0.471. The van der Waals surface area contributed by atoms with Gasteiger partial charge in [-0.3, -0.25) is 0 Å². The molecule has 1 heterocycles. The van der Waals surface area contributed by atoms with Crippen LogP contribution in [-0.4, -0.2) is 27.8 Å². The molecule has 110 valence electrons. The molecule has 1 rings (SSSR count). The standard InChI is InChI=1S/C15H23N3O2/c1-5-6-7-10-18-12-16-11-13(18)8-9-17-14(19)20-15(2,3)4/h1,11-12H,6-10H2,2-4H3,(H,17,19). The van der Waals surface area contributed by atoms with Gasteiger partial charge in [0.2, 0.25) is 0 Å². The molecule has 0 fully saturated rings. The van der Waals surface area contributed by atoms with Crippen LogP contribution in [0.3, 0.4) is 0 Å². The number of nitrogens with zero attached hydrogens (tertiary/aromatic N) is 2. The molecule has 1 aromatic heterocycles. The molecule has 0 aromatic carbocycles. The second-order valence-electron chi connectivity index (χ2n) is 5.56. The molecule has 0 atom stereocenters. The lowest BCUT2D eigenvalue weighted by molar-refractivity contribution is 0.0528. The average molecular weight is 277 g/mol. The lowest BCUT2D eigenvalue weighted by Crippen LogP contribution is -2.33. The maximum atomic E-state index is 11.5. The molecule has 0 spiro atoms. The van der Waals surface area contributed by atoms with E-state index >= 15 is 0 Å². The Hall–Kier alpha value is -1.96. The molecule has 0 bridgehead atoms. The molecule has 0 unspecified atom stereocenters. The first kappa shape index (κ1) is 16.1. The fourth-order valence-electron chi connectivity index (χ4n) is 1.72. The Kier molecular flexibility index (Phi) is 6.10. The third-order valence-corrected chi connectivity index (χ3v) is 2.57. The number of carbonyl (C=O) groups excluding carboxylic acids is 1. The maximum absolute atomic E-state index is 11.5. The van der Waals surface area contributed by atoms with Crippen molar-refractivity contribution in [3.63, 3.8) is 0 Å². The first-order valence-corrected chi connectivity index (χ1v) is 6.81. The number of carbonyl (C=O) groups is 1. The lowest BCUT2D eigenvalue weighted by Gasteiger charge is -2.19. The molecule has 5 heteroatoms. The summed E-state index contributed by atoms with van der Waals surface area (Å²) in [5.41, 5.74) is 0.610. The minimum absolute atomic E-state index is 0.393. The number of ether oxygens (including phenoxy) is 1. The molecular weight excluding hydrogens is 254 g/mol. The van der Waals surface area contributed by atoms with Crippen molar-refractivity contribution in [3.05, 3.63) is 18.2 Å². The molecule has 0 aliphatic rings. The van der Waals surface area contributed by atoms with Crippen LogP contribution in [0.5, 0.6) is 0 Å². The van der Waals surface area contributed by atoms with Gasteiger partial charge < -0.3 is 14.6 Å². The van der Waals surface area contributed by atoms with Crippen molar-refractivity contribution in [1.82, 2.24) is 14.9 Å². The van der Waals surface area contributed by atoms with Gasteiger partial charge in [-0.1, -0.05) is 0 Å². The summed E-state index contributed by atoms with van der Waals surface area (Å²) in [5, 5.41) is 2.74. The second kappa shape index (κ2) is 7.59. The van der Waals surface area contributed by atoms with Crippen LogP contribution in [0.25, 0.3) is 0 Å². The number of unbranched alkanes of at least 4 members (excludes halogenated alkanes) is 1. The number of aryl methyl sites for hydroxylation is 1. The smallest absolute Gasteiger partial charge is 0.407 e. The van der Waals surface area contributed by atoms with Gasteiger partial charge in [-0.25, -0.2) is 9.78 Å². The van der Waals surface area contributed by atoms with Crippen molar-refractivity contribution in [2.75, 3.05) is 6.54 Å². The summed E-state index contributed by atoms with van der Waals surface area (Å²) in [5.74, 6) is 2.62. The van der Waals surface area contributed by atoms with E-state index in [4.69, 9.17) is 11.2 Å². The van der Waals surface area contributed by atoms with Crippen LogP contribution in [0.1, 0.15) is 39.3 Å². The van der Waals surface area contributed by atoms with Gasteiger partial charge in [0.25, 0.3) is 0 Å². The predicted molar refractivity (Wildman–Crippen MR) is 78.2 cm³/mol. The summed E-state index contributed by atoms with van der Waals surface area (Å²) in [6.07, 6.45) is 10.8. The number of amides is 1. The summed E-state index contributed by atoms with van der Waals surface area (Å²) in [4.78, 5) is 15.6. The first-order chi connectivity index (χ1) is 9.42. The molecule has 1 amide bonds. The third kappa shape index (κ3) is 6.28. The number of alkyl carbamates (subject to hydrolysis) is 1. The normalized spacial score (nSPS) is 10.9. The van der Waals surface area contributed by atoms with E-state index in [2.05, 4.69) is 20.8 Å². The van der Waals surface area contributed by atoms with Crippen molar-refractivity contribution in [1.29, 1.82) is 0 Å². The van der Waals surface area contributed by atoms with Gasteiger partial charge >= 0.3 is 6.09 Å². The highest BCUT2D eigenvalue weighted by atomic mass is 16.6. The van der Waals surface area contributed by atoms with E-state index in [9.17, 15) is 4.79 Å². The van der Waals surface area contributed by atoms with E-state index < -0.39 is 11.7 Å². The number of rotatable bonds is 6. The monoisotopic (exact) mass is 277 g/mol. The van der Waals surface area contributed by atoms with Gasteiger partial charge in [-0.05, 0) is 27.2 Å². The van der Waals surface area contributed by atoms with E-state index in [0.29, 0.717) is 6.54 Å². The highest BCUT2D eigenvalue weighted by Crippen LogP contribution is 2.07. The Balaban J connectivity index is 2.34. The molecule has 0 saturated carbocycles. The highest BCUT2D eigenvalue weighted by Gasteiger charge is 2.15. The lowest BCUT2D eigenvalue weighted by atomic mass is 10.2. The van der Waals surface area contributed by atoms with Crippen LogP contribution < -0.4 is 5.32 Å². The number of aromatic nitrogens is 2. The molecule has 0 aliphatic heterocycles. The van der Waals surface area contributed by atoms with Crippen LogP contribution in [0.2, 0.25) is 0 Å². The molecule has 20 heavy (non-hydrogen) atoms. The highest BCUT2D eigenvalue weighted by molar-refractivity contribution is 5.67. The minimum Gasteiger partial charge on any atom is -0.444 e. The Morgan fingerprint density at radius 1 is 1.55 bits per heavy atom. The number of terminal acetylenes is 1. The van der Waals surface area contributed by atoms with Gasteiger partial charge in [0.1, 0.15) is 5.60 Å². The molecule has 0 saturated heterocycles. The van der Waals surface area contributed by atoms with Gasteiger partial charge in [0.15, 0.2) is 0 Å². The molecule has 1 aromatic rings. The van der Waals surface area contributed by atoms with Gasteiger partial charge in [-0.15, -0.1) is 12.3 Å². The van der Waals surface area contributed by atoms with Crippen molar-refractivity contribution in [3.8, 4) is 12.3 Å². The van der Waals surface area contributed by atoms with E-state index in [-0.39, 0.29) is 0 Å². The Labute approximate surface area is 120 Å². The molecule has 0 radical (unpaired) electrons. The summed E-state index contributed by atoms with van der Waals surface area (Å²) >= 11 is 0. The SMILES string of the molecule is C#CCCCn1cncc1CCNC(=O)OC(C)(C)C. The topological polar surface area (TPSA) is 56.2 Å². The van der Waals surface area contributed by atoms with Crippen LogP contribution in [0, 0.1) is 12.3 Å². The molecular formula is C15H23N3O2. The Morgan fingerprint density at radius 2 is 2.30 bits per heavy atom. The Bertz CT molecular complexity index is 466. The van der Waals surface area contributed by atoms with Crippen molar-refractivity contribution in [2.24, 2.45) is 0 Å². The van der Waals surface area contributed by atoms with E-state index in [1.54, 1.807) is 6.33 Å². The number of hydrogen-bond acceptors (Lipinski definition) is 3. The fourth-order valence-corrected chi connectivity index (χ4v) is 1.72. The van der Waals surface area contributed by atoms with E-state index in [1.165, 1.54) is 0 Å². The zero-order valence-corrected chi connectivity index (χ0v) is 12.5. The van der Waals surface area contributed by atoms with Gasteiger partial charge in [0.05, 0.1) is 6.33 Å². The van der Waals surface area contributed by atoms with E-state index in [1.807, 2.05) is 27.0 Å². The van der Waals surface area contributed by atoms with Gasteiger partial charge in [0, 0.05) is 37.8 Å². The van der Waals surface area contributed by atoms with Crippen molar-refractivity contribution in [2.45, 2.75) is 52.2 Å². The van der Waals surface area contributed by atoms with Crippen molar-refractivity contribution >= 4 is 6.09 Å². The molecule has 0 aliphatic carbocycles. The zero-order chi connectivity index (χ0) is 15.0. The quantitative estimate of drug-likeness (QED) is 0.641. The summed E-state index contributed by atoms with van der Waals surface area (Å²) in [6.45, 7) is 6.90. The fraction of sp³-hybridized carbons (Fsp3) is 0.600. The number of hydrogen-bond donors (Lipinski definition) is 1. The molecule has 5 nitrogen and oxygen atoms in total. The maximum Gasteiger partial charge on any atom is 0.407 e. The average Bonchev–Trinajstić information content (AvgIpc) is 2.75. The Morgan fingerprint density at radius 3 is 2.95 bits per heavy atom. The van der Waals surface area contributed by atoms with Crippen LogP contribution in [0.4, 0.5) is 4.79 Å². The summed E-state index contributed by atoms with van der Waals surface area (Å²) in [7, 11) is 0. The van der Waals surface area contributed by atoms with Gasteiger partial charge in [-0.2, -0.15) is 0 Å². The second-order valence-corrected chi connectivity index (χ2v) is 5.56. The predicted octanol–water partition coefficient (Wildman–Crippen LogP) is 2.36. The summed E-state index contributed by atoms with van der Waals surface area (Å²) < 4.78 is 7.24. The number of nitrogens with one attached hydrogen (secondary N) is 1. The van der Waals surface area contributed by atoms with E-state index in [0.717, 1.165) is 31.5 Å². The van der Waals surface area contributed by atoms with Crippen LogP contribution in [-0.2, 0) is 17.7 Å². The largest absolute Gasteiger partial charge is 0.444 e. The number of imidazole rings is 1. The van der Waals surface area contributed by atoms with Crippen LogP contribution in [0.15, 0.2) is 12.5 Å². The summed E-state index contributed by atoms with van der Waals surface area (Å²) in [6, 6.07) is 0. The van der Waals surface area contributed by atoms with Crippen molar-refractivity contribution < 1.29 is 9.53 Å². The molecule has 1 N–H and O–H groups in total. The third-order valence-electron chi connectivity index (χ3n) is 2.57. The first-order valence-electron chi connectivity index (χ1n) is 6.81. The van der Waals surface area contributed by atoms with Crippen LogP contribution >= 0.6 is 0 Å². The zero-order valence-electron chi connectivity index (χ0n) is 12.5.